The third-order valence-electron chi connectivity index (χ3n) is 5.07. The predicted octanol–water partition coefficient (Wildman–Crippen LogP) is 4.77. The molecule has 1 aromatic rings. The van der Waals surface area contributed by atoms with E-state index in [-0.39, 0.29) is 11.4 Å². The Kier molecular flexibility index (Phi) is 7.89. The van der Waals surface area contributed by atoms with Crippen LogP contribution in [0.2, 0.25) is 0 Å². The van der Waals surface area contributed by atoms with Crippen molar-refractivity contribution in [1.82, 2.24) is 10.3 Å². The Morgan fingerprint density at radius 1 is 1.35 bits per heavy atom. The van der Waals surface area contributed by atoms with Crippen molar-refractivity contribution in [3.63, 3.8) is 0 Å². The number of nitrogens with zero attached hydrogens (tertiary/aromatic N) is 1. The first-order chi connectivity index (χ1) is 12.3. The molecule has 1 heterocycles. The summed E-state index contributed by atoms with van der Waals surface area (Å²) < 4.78 is 5.62. The Morgan fingerprint density at radius 3 is 2.65 bits per heavy atom. The van der Waals surface area contributed by atoms with Crippen LogP contribution in [0.5, 0.6) is 0 Å². The lowest BCUT2D eigenvalue weighted by molar-refractivity contribution is 0.0601. The third-order valence-corrected chi connectivity index (χ3v) is 5.51. The van der Waals surface area contributed by atoms with Crippen molar-refractivity contribution in [1.29, 1.82) is 0 Å². The second-order valence-corrected chi connectivity index (χ2v) is 9.09. The van der Waals surface area contributed by atoms with Crippen LogP contribution in [0, 0.1) is 5.41 Å². The molecule has 146 valence electrons. The molecule has 1 atom stereocenters. The Balaban J connectivity index is 1.97. The van der Waals surface area contributed by atoms with E-state index in [9.17, 15) is 4.79 Å². The lowest BCUT2D eigenvalue weighted by Gasteiger charge is -2.36. The number of carbonyl (C=O) groups excluding carboxylic acids is 1. The Labute approximate surface area is 165 Å². The summed E-state index contributed by atoms with van der Waals surface area (Å²) in [6, 6.07) is 2.78. The molecule has 1 saturated carbocycles. The molecular weight excluding hydrogens is 394 g/mol. The van der Waals surface area contributed by atoms with Crippen molar-refractivity contribution in [2.45, 2.75) is 71.4 Å². The Bertz CT molecular complexity index is 595. The van der Waals surface area contributed by atoms with E-state index in [0.717, 1.165) is 17.4 Å². The van der Waals surface area contributed by atoms with Gasteiger partial charge in [-0.25, -0.2) is 9.78 Å². The first-order valence-corrected chi connectivity index (χ1v) is 10.3. The second kappa shape index (κ2) is 9.70. The SMILES string of the molecule is COC(=O)c1cc(Br)cnc1NCCC(NC1CCCCC1)C(C)(C)C. The molecule has 2 N–H and O–H groups in total. The van der Waals surface area contributed by atoms with Crippen molar-refractivity contribution in [2.75, 3.05) is 19.0 Å². The zero-order chi connectivity index (χ0) is 19.2. The highest BCUT2D eigenvalue weighted by atomic mass is 79.9. The van der Waals surface area contributed by atoms with Gasteiger partial charge in [-0.15, -0.1) is 0 Å². The monoisotopic (exact) mass is 425 g/mol. The van der Waals surface area contributed by atoms with Crippen molar-refractivity contribution in [3.8, 4) is 0 Å². The number of ether oxygens (including phenoxy) is 1. The van der Waals surface area contributed by atoms with E-state index >= 15 is 0 Å². The Morgan fingerprint density at radius 2 is 2.04 bits per heavy atom. The largest absolute Gasteiger partial charge is 0.465 e. The van der Waals surface area contributed by atoms with Crippen LogP contribution >= 0.6 is 15.9 Å². The minimum atomic E-state index is -0.381. The van der Waals surface area contributed by atoms with Gasteiger partial charge in [-0.05, 0) is 46.7 Å². The van der Waals surface area contributed by atoms with Gasteiger partial charge in [0.25, 0.3) is 0 Å². The third kappa shape index (κ3) is 6.23. The summed E-state index contributed by atoms with van der Waals surface area (Å²) in [4.78, 5) is 16.3. The first-order valence-electron chi connectivity index (χ1n) is 9.55. The van der Waals surface area contributed by atoms with Crippen LogP contribution in [0.3, 0.4) is 0 Å². The van der Waals surface area contributed by atoms with Crippen molar-refractivity contribution in [2.24, 2.45) is 5.41 Å². The molecule has 0 saturated heterocycles. The quantitative estimate of drug-likeness (QED) is 0.615. The number of nitrogens with one attached hydrogen (secondary N) is 2. The van der Waals surface area contributed by atoms with Gasteiger partial charge in [0.2, 0.25) is 0 Å². The highest BCUT2D eigenvalue weighted by Gasteiger charge is 2.27. The molecule has 0 bridgehead atoms. The fraction of sp³-hybridized carbons (Fsp3) is 0.700. The second-order valence-electron chi connectivity index (χ2n) is 8.18. The average Bonchev–Trinajstić information content (AvgIpc) is 2.61. The highest BCUT2D eigenvalue weighted by molar-refractivity contribution is 9.10. The molecule has 0 aromatic carbocycles. The molecule has 1 aliphatic carbocycles. The van der Waals surface area contributed by atoms with Crippen LogP contribution in [-0.2, 0) is 4.74 Å². The smallest absolute Gasteiger partial charge is 0.341 e. The zero-order valence-corrected chi connectivity index (χ0v) is 18.0. The number of rotatable bonds is 7. The number of anilines is 1. The molecule has 1 aromatic heterocycles. The normalized spacial score (nSPS) is 17.0. The molecular formula is C20H32BrN3O2. The van der Waals surface area contributed by atoms with Crippen molar-refractivity contribution < 1.29 is 9.53 Å². The fourth-order valence-corrected chi connectivity index (χ4v) is 3.83. The minimum absolute atomic E-state index is 0.178. The molecule has 1 aliphatic rings. The predicted molar refractivity (Wildman–Crippen MR) is 110 cm³/mol. The van der Waals surface area contributed by atoms with E-state index in [0.29, 0.717) is 23.5 Å². The summed E-state index contributed by atoms with van der Waals surface area (Å²) >= 11 is 3.36. The maximum absolute atomic E-state index is 12.0. The number of hydrogen-bond acceptors (Lipinski definition) is 5. The van der Waals surface area contributed by atoms with Crippen molar-refractivity contribution in [3.05, 3.63) is 22.3 Å². The van der Waals surface area contributed by atoms with Crippen LogP contribution in [0.4, 0.5) is 5.82 Å². The molecule has 0 aliphatic heterocycles. The molecule has 0 amide bonds. The first kappa shape index (κ1) is 21.2. The fourth-order valence-electron chi connectivity index (χ4n) is 3.50. The van der Waals surface area contributed by atoms with Gasteiger partial charge in [-0.1, -0.05) is 40.0 Å². The average molecular weight is 426 g/mol. The van der Waals surface area contributed by atoms with E-state index in [2.05, 4.69) is 52.3 Å². The maximum atomic E-state index is 12.0. The summed E-state index contributed by atoms with van der Waals surface area (Å²) in [5, 5.41) is 7.20. The molecule has 1 fully saturated rings. The van der Waals surface area contributed by atoms with Crippen LogP contribution in [-0.4, -0.2) is 36.7 Å². The van der Waals surface area contributed by atoms with Gasteiger partial charge in [0.05, 0.1) is 7.11 Å². The van der Waals surface area contributed by atoms with Gasteiger partial charge < -0.3 is 15.4 Å². The molecule has 6 heteroatoms. The summed E-state index contributed by atoms with van der Waals surface area (Å²) in [6.07, 6.45) is 9.25. The van der Waals surface area contributed by atoms with E-state index < -0.39 is 0 Å². The lowest BCUT2D eigenvalue weighted by atomic mass is 9.83. The molecule has 1 unspecified atom stereocenters. The van der Waals surface area contributed by atoms with Gasteiger partial charge >= 0.3 is 5.97 Å². The summed E-state index contributed by atoms with van der Waals surface area (Å²) in [5.41, 5.74) is 0.631. The van der Waals surface area contributed by atoms with E-state index in [4.69, 9.17) is 4.74 Å². The topological polar surface area (TPSA) is 63.2 Å². The van der Waals surface area contributed by atoms with Gasteiger partial charge in [0.15, 0.2) is 0 Å². The van der Waals surface area contributed by atoms with Crippen LogP contribution in [0.15, 0.2) is 16.7 Å². The molecule has 26 heavy (non-hydrogen) atoms. The van der Waals surface area contributed by atoms with E-state index in [1.54, 1.807) is 12.3 Å². The minimum Gasteiger partial charge on any atom is -0.465 e. The van der Waals surface area contributed by atoms with Gasteiger partial charge in [0, 0.05) is 29.3 Å². The standard InChI is InChI=1S/C20H32BrN3O2/c1-20(2,3)17(24-15-8-6-5-7-9-15)10-11-22-18-16(19(25)26-4)12-14(21)13-23-18/h12-13,15,17,24H,5-11H2,1-4H3,(H,22,23). The van der Waals surface area contributed by atoms with E-state index in [1.807, 2.05) is 0 Å². The number of methoxy groups -OCH3 is 1. The number of halogens is 1. The van der Waals surface area contributed by atoms with Gasteiger partial charge in [-0.3, -0.25) is 0 Å². The summed E-state index contributed by atoms with van der Waals surface area (Å²) in [7, 11) is 1.39. The summed E-state index contributed by atoms with van der Waals surface area (Å²) in [6.45, 7) is 7.60. The number of carbonyl (C=O) groups is 1. The van der Waals surface area contributed by atoms with Gasteiger partial charge in [-0.2, -0.15) is 0 Å². The number of hydrogen-bond donors (Lipinski definition) is 2. The summed E-state index contributed by atoms with van der Waals surface area (Å²) in [5.74, 6) is 0.194. The van der Waals surface area contributed by atoms with Crippen LogP contribution in [0.25, 0.3) is 0 Å². The molecule has 0 radical (unpaired) electrons. The van der Waals surface area contributed by atoms with Crippen LogP contribution in [0.1, 0.15) is 69.7 Å². The Hall–Kier alpha value is -1.14. The lowest BCUT2D eigenvalue weighted by Crippen LogP contribution is -2.47. The zero-order valence-electron chi connectivity index (χ0n) is 16.4. The number of esters is 1. The van der Waals surface area contributed by atoms with Crippen molar-refractivity contribution >= 4 is 27.7 Å². The highest BCUT2D eigenvalue weighted by Crippen LogP contribution is 2.26. The molecule has 0 spiro atoms. The number of aromatic nitrogens is 1. The van der Waals surface area contributed by atoms with Crippen LogP contribution < -0.4 is 10.6 Å². The van der Waals surface area contributed by atoms with E-state index in [1.165, 1.54) is 39.2 Å². The number of pyridine rings is 1. The molecule has 2 rings (SSSR count). The van der Waals surface area contributed by atoms with Gasteiger partial charge in [0.1, 0.15) is 11.4 Å². The maximum Gasteiger partial charge on any atom is 0.341 e. The molecule has 5 nitrogen and oxygen atoms in total.